The van der Waals surface area contributed by atoms with Crippen molar-refractivity contribution in [2.45, 2.75) is 51.2 Å². The summed E-state index contributed by atoms with van der Waals surface area (Å²) >= 11 is 0. The molecular weight excluding hydrogens is 468 g/mol. The van der Waals surface area contributed by atoms with Crippen LogP contribution in [0.1, 0.15) is 34.6 Å². The molecule has 1 heterocycles. The minimum Gasteiger partial charge on any atom is -0.459 e. The summed E-state index contributed by atoms with van der Waals surface area (Å²) in [4.78, 5) is 12.5. The predicted octanol–water partition coefficient (Wildman–Crippen LogP) is 3.60. The van der Waals surface area contributed by atoms with Crippen LogP contribution in [0.3, 0.4) is 0 Å². The van der Waals surface area contributed by atoms with Gasteiger partial charge in [0.2, 0.25) is 20.0 Å². The molecule has 2 N–H and O–H groups in total. The van der Waals surface area contributed by atoms with Gasteiger partial charge in [0.05, 0.1) is 16.8 Å². The summed E-state index contributed by atoms with van der Waals surface area (Å²) in [7, 11) is -7.52. The van der Waals surface area contributed by atoms with E-state index in [2.05, 4.69) is 9.44 Å². The van der Waals surface area contributed by atoms with Crippen LogP contribution in [0.2, 0.25) is 0 Å². The molecule has 0 aliphatic carbocycles. The van der Waals surface area contributed by atoms with Crippen LogP contribution < -0.4 is 9.44 Å². The third kappa shape index (κ3) is 6.04. The summed E-state index contributed by atoms with van der Waals surface area (Å²) in [5.41, 5.74) is 0.411. The van der Waals surface area contributed by atoms with Crippen LogP contribution in [0.25, 0.3) is 21.9 Å². The molecule has 3 aromatic rings. The lowest BCUT2D eigenvalue weighted by molar-refractivity contribution is -0.158. The maximum atomic E-state index is 13.1. The van der Waals surface area contributed by atoms with Crippen LogP contribution in [0, 0.1) is 5.92 Å². The first-order valence-electron chi connectivity index (χ1n) is 10.2. The van der Waals surface area contributed by atoms with Crippen LogP contribution in [-0.2, 0) is 29.6 Å². The quantitative estimate of drug-likeness (QED) is 0.478. The summed E-state index contributed by atoms with van der Waals surface area (Å²) in [6.45, 7) is 8.60. The Kier molecular flexibility index (Phi) is 6.53. The second kappa shape index (κ2) is 8.62. The number of hydrogen-bond acceptors (Lipinski definition) is 7. The number of fused-ring (bicyclic) bond motifs is 3. The molecule has 180 valence electrons. The van der Waals surface area contributed by atoms with Gasteiger partial charge < -0.3 is 9.15 Å². The number of furan rings is 1. The van der Waals surface area contributed by atoms with Gasteiger partial charge in [0.15, 0.2) is 0 Å². The summed E-state index contributed by atoms with van der Waals surface area (Å²) < 4.78 is 65.1. The van der Waals surface area contributed by atoms with Crippen molar-refractivity contribution in [3.05, 3.63) is 36.4 Å². The highest BCUT2D eigenvalue weighted by atomic mass is 32.2. The van der Waals surface area contributed by atoms with Crippen LogP contribution in [-0.4, -0.2) is 40.7 Å². The van der Waals surface area contributed by atoms with Gasteiger partial charge in [0.1, 0.15) is 22.8 Å². The Balaban J connectivity index is 1.98. The van der Waals surface area contributed by atoms with Gasteiger partial charge in [-0.1, -0.05) is 13.8 Å². The first-order chi connectivity index (χ1) is 15.1. The zero-order valence-corrected chi connectivity index (χ0v) is 20.9. The SMILES string of the molecule is CC(C)[C@@H](NS(=O)(=O)c1ccc2oc3cc(NS(C)(=O)=O)ccc3c2c1)C(=O)OC(C)(C)C. The molecule has 0 spiro atoms. The van der Waals surface area contributed by atoms with Gasteiger partial charge in [-0.05, 0) is 57.0 Å². The average molecular weight is 497 g/mol. The minimum atomic E-state index is -4.06. The van der Waals surface area contributed by atoms with E-state index in [9.17, 15) is 21.6 Å². The molecule has 0 saturated heterocycles. The average Bonchev–Trinajstić information content (AvgIpc) is 3.00. The van der Waals surface area contributed by atoms with E-state index in [0.29, 0.717) is 27.6 Å². The van der Waals surface area contributed by atoms with Gasteiger partial charge in [-0.15, -0.1) is 0 Å². The fourth-order valence-electron chi connectivity index (χ4n) is 3.26. The fraction of sp³-hybridized carbons (Fsp3) is 0.409. The number of carbonyl (C=O) groups excluding carboxylic acids is 1. The highest BCUT2D eigenvalue weighted by molar-refractivity contribution is 7.92. The van der Waals surface area contributed by atoms with E-state index in [0.717, 1.165) is 6.26 Å². The maximum Gasteiger partial charge on any atom is 0.324 e. The number of ether oxygens (including phenoxy) is 1. The van der Waals surface area contributed by atoms with Crippen molar-refractivity contribution in [3.8, 4) is 0 Å². The Morgan fingerprint density at radius 2 is 1.64 bits per heavy atom. The number of esters is 1. The van der Waals surface area contributed by atoms with Crippen molar-refractivity contribution >= 4 is 53.6 Å². The van der Waals surface area contributed by atoms with Crippen molar-refractivity contribution in [1.29, 1.82) is 0 Å². The van der Waals surface area contributed by atoms with Crippen molar-refractivity contribution in [2.75, 3.05) is 11.0 Å². The van der Waals surface area contributed by atoms with E-state index in [1.807, 2.05) is 0 Å². The zero-order chi connectivity index (χ0) is 24.8. The van der Waals surface area contributed by atoms with Crippen molar-refractivity contribution < 1.29 is 30.8 Å². The molecule has 2 aromatic carbocycles. The molecule has 0 aliphatic heterocycles. The Morgan fingerprint density at radius 1 is 0.970 bits per heavy atom. The molecule has 3 rings (SSSR count). The lowest BCUT2D eigenvalue weighted by atomic mass is 10.1. The summed E-state index contributed by atoms with van der Waals surface area (Å²) in [5.74, 6) is -0.990. The van der Waals surface area contributed by atoms with E-state index in [-0.39, 0.29) is 10.8 Å². The number of hydrogen-bond donors (Lipinski definition) is 2. The zero-order valence-electron chi connectivity index (χ0n) is 19.3. The largest absolute Gasteiger partial charge is 0.459 e. The molecule has 0 amide bonds. The highest BCUT2D eigenvalue weighted by Crippen LogP contribution is 2.32. The molecular formula is C22H28N2O7S2. The maximum absolute atomic E-state index is 13.1. The first kappa shape index (κ1) is 25.0. The lowest BCUT2D eigenvalue weighted by Crippen LogP contribution is -2.47. The highest BCUT2D eigenvalue weighted by Gasteiger charge is 2.32. The molecule has 33 heavy (non-hydrogen) atoms. The van der Waals surface area contributed by atoms with Crippen LogP contribution >= 0.6 is 0 Å². The molecule has 0 unspecified atom stereocenters. The molecule has 0 bridgehead atoms. The Labute approximate surface area is 193 Å². The van der Waals surface area contributed by atoms with Crippen LogP contribution in [0.15, 0.2) is 45.7 Å². The summed E-state index contributed by atoms with van der Waals surface area (Å²) in [6.07, 6.45) is 1.04. The number of anilines is 1. The summed E-state index contributed by atoms with van der Waals surface area (Å²) in [6, 6.07) is 8.04. The predicted molar refractivity (Wildman–Crippen MR) is 127 cm³/mol. The third-order valence-electron chi connectivity index (χ3n) is 4.67. The fourth-order valence-corrected chi connectivity index (χ4v) is 5.17. The van der Waals surface area contributed by atoms with E-state index in [1.54, 1.807) is 46.8 Å². The molecule has 0 radical (unpaired) electrons. The van der Waals surface area contributed by atoms with E-state index in [1.165, 1.54) is 24.3 Å². The Morgan fingerprint density at radius 3 is 2.21 bits per heavy atom. The van der Waals surface area contributed by atoms with Gasteiger partial charge in [0, 0.05) is 16.8 Å². The van der Waals surface area contributed by atoms with Gasteiger partial charge in [-0.3, -0.25) is 9.52 Å². The molecule has 9 nitrogen and oxygen atoms in total. The molecule has 1 aromatic heterocycles. The van der Waals surface area contributed by atoms with Crippen LogP contribution in [0.5, 0.6) is 0 Å². The number of rotatable bonds is 7. The molecule has 0 fully saturated rings. The Hall–Kier alpha value is -2.63. The first-order valence-corrected chi connectivity index (χ1v) is 13.6. The van der Waals surface area contributed by atoms with E-state index in [4.69, 9.17) is 9.15 Å². The number of benzene rings is 2. The number of sulfonamides is 2. The van der Waals surface area contributed by atoms with Crippen molar-refractivity contribution in [2.24, 2.45) is 5.92 Å². The van der Waals surface area contributed by atoms with Gasteiger partial charge in [-0.2, -0.15) is 4.72 Å². The van der Waals surface area contributed by atoms with E-state index < -0.39 is 37.7 Å². The van der Waals surface area contributed by atoms with Crippen molar-refractivity contribution in [1.82, 2.24) is 4.72 Å². The molecule has 0 saturated carbocycles. The van der Waals surface area contributed by atoms with Gasteiger partial charge in [-0.25, -0.2) is 16.8 Å². The lowest BCUT2D eigenvalue weighted by Gasteiger charge is -2.26. The molecule has 1 atom stereocenters. The second-order valence-electron chi connectivity index (χ2n) is 9.22. The van der Waals surface area contributed by atoms with Gasteiger partial charge in [0.25, 0.3) is 0 Å². The second-order valence-corrected chi connectivity index (χ2v) is 12.7. The number of nitrogens with one attached hydrogen (secondary N) is 2. The van der Waals surface area contributed by atoms with Gasteiger partial charge >= 0.3 is 5.97 Å². The monoisotopic (exact) mass is 496 g/mol. The standard InChI is InChI=1S/C22H28N2O7S2/c1-13(2)20(21(25)31-22(3,4)5)24-33(28,29)15-8-10-18-17(12-15)16-9-7-14(11-19(16)30-18)23-32(6,26)27/h7-13,20,23-24H,1-6H3/t20-/m1/s1. The van der Waals surface area contributed by atoms with Crippen LogP contribution in [0.4, 0.5) is 5.69 Å². The molecule has 0 aliphatic rings. The van der Waals surface area contributed by atoms with Crippen molar-refractivity contribution in [3.63, 3.8) is 0 Å². The summed E-state index contributed by atoms with van der Waals surface area (Å²) in [5, 5.41) is 1.16. The smallest absolute Gasteiger partial charge is 0.324 e. The normalized spacial score (nSPS) is 14.0. The number of carbonyl (C=O) groups is 1. The third-order valence-corrected chi connectivity index (χ3v) is 6.71. The Bertz CT molecular complexity index is 1420. The van der Waals surface area contributed by atoms with E-state index >= 15 is 0 Å². The topological polar surface area (TPSA) is 132 Å². The minimum absolute atomic E-state index is 0.0368. The molecule has 11 heteroatoms.